The first-order chi connectivity index (χ1) is 9.00. The van der Waals surface area contributed by atoms with E-state index in [2.05, 4.69) is 11.4 Å². The van der Waals surface area contributed by atoms with E-state index in [-0.39, 0.29) is 6.61 Å². The van der Waals surface area contributed by atoms with Crippen LogP contribution in [0.3, 0.4) is 0 Å². The standard InChI is InChI=1S/C14H19Cl2NO2/c1-10(2)6-7-17-8-11(18)9-19-14-12(15)4-3-5-13(14)16/h3-6,11,17-18H,7-9H2,1-2H3. The lowest BCUT2D eigenvalue weighted by atomic mass is 10.3. The number of rotatable bonds is 7. The van der Waals surface area contributed by atoms with Crippen molar-refractivity contribution in [3.63, 3.8) is 0 Å². The summed E-state index contributed by atoms with van der Waals surface area (Å²) in [7, 11) is 0. The fraction of sp³-hybridized carbons (Fsp3) is 0.429. The Hall–Kier alpha value is -0.740. The van der Waals surface area contributed by atoms with Crippen molar-refractivity contribution < 1.29 is 9.84 Å². The Kier molecular flexibility index (Phi) is 7.24. The summed E-state index contributed by atoms with van der Waals surface area (Å²) in [5.41, 5.74) is 1.24. The predicted octanol–water partition coefficient (Wildman–Crippen LogP) is 3.29. The maximum Gasteiger partial charge on any atom is 0.156 e. The van der Waals surface area contributed by atoms with Crippen molar-refractivity contribution in [2.75, 3.05) is 19.7 Å². The van der Waals surface area contributed by atoms with E-state index in [0.29, 0.717) is 22.3 Å². The first kappa shape index (κ1) is 16.3. The first-order valence-electron chi connectivity index (χ1n) is 6.09. The van der Waals surface area contributed by atoms with Gasteiger partial charge in [0, 0.05) is 13.1 Å². The normalized spacial score (nSPS) is 12.1. The molecule has 0 spiro atoms. The number of hydrogen-bond donors (Lipinski definition) is 2. The molecule has 0 bridgehead atoms. The van der Waals surface area contributed by atoms with Gasteiger partial charge >= 0.3 is 0 Å². The number of benzene rings is 1. The smallest absolute Gasteiger partial charge is 0.156 e. The van der Waals surface area contributed by atoms with Crippen molar-refractivity contribution in [1.82, 2.24) is 5.32 Å². The van der Waals surface area contributed by atoms with Gasteiger partial charge in [-0.25, -0.2) is 0 Å². The van der Waals surface area contributed by atoms with Crippen molar-refractivity contribution in [2.45, 2.75) is 20.0 Å². The highest BCUT2D eigenvalue weighted by Gasteiger charge is 2.09. The summed E-state index contributed by atoms with van der Waals surface area (Å²) in [4.78, 5) is 0. The Morgan fingerprint density at radius 3 is 2.58 bits per heavy atom. The minimum Gasteiger partial charge on any atom is -0.488 e. The van der Waals surface area contributed by atoms with E-state index in [1.807, 2.05) is 13.8 Å². The topological polar surface area (TPSA) is 41.5 Å². The molecule has 0 saturated heterocycles. The lowest BCUT2D eigenvalue weighted by Crippen LogP contribution is -2.31. The highest BCUT2D eigenvalue weighted by atomic mass is 35.5. The number of para-hydroxylation sites is 1. The van der Waals surface area contributed by atoms with Gasteiger partial charge in [-0.05, 0) is 26.0 Å². The van der Waals surface area contributed by atoms with E-state index >= 15 is 0 Å². The number of ether oxygens (including phenoxy) is 1. The quantitative estimate of drug-likeness (QED) is 0.600. The molecule has 2 N–H and O–H groups in total. The summed E-state index contributed by atoms with van der Waals surface area (Å²) in [5.74, 6) is 0.411. The van der Waals surface area contributed by atoms with Crippen LogP contribution in [0.1, 0.15) is 13.8 Å². The Morgan fingerprint density at radius 2 is 2.00 bits per heavy atom. The Bertz CT molecular complexity index is 411. The van der Waals surface area contributed by atoms with Crippen LogP contribution in [0, 0.1) is 0 Å². The summed E-state index contributed by atoms with van der Waals surface area (Å²) in [6, 6.07) is 5.14. The lowest BCUT2D eigenvalue weighted by molar-refractivity contribution is 0.107. The zero-order valence-electron chi connectivity index (χ0n) is 11.1. The van der Waals surface area contributed by atoms with Crippen LogP contribution in [0.4, 0.5) is 0 Å². The SMILES string of the molecule is CC(C)=CCNCC(O)COc1c(Cl)cccc1Cl. The van der Waals surface area contributed by atoms with Gasteiger partial charge in [-0.15, -0.1) is 0 Å². The largest absolute Gasteiger partial charge is 0.488 e. The van der Waals surface area contributed by atoms with Crippen molar-refractivity contribution in [2.24, 2.45) is 0 Å². The van der Waals surface area contributed by atoms with Gasteiger partial charge in [0.1, 0.15) is 12.7 Å². The molecule has 1 rings (SSSR count). The molecule has 1 aromatic rings. The second-order valence-corrected chi connectivity index (χ2v) is 5.27. The van der Waals surface area contributed by atoms with E-state index in [4.69, 9.17) is 27.9 Å². The molecule has 1 atom stereocenters. The van der Waals surface area contributed by atoms with E-state index in [9.17, 15) is 5.11 Å². The van der Waals surface area contributed by atoms with Gasteiger partial charge in [-0.1, -0.05) is 40.9 Å². The van der Waals surface area contributed by atoms with Crippen LogP contribution < -0.4 is 10.1 Å². The van der Waals surface area contributed by atoms with Crippen LogP contribution in [-0.4, -0.2) is 30.9 Å². The van der Waals surface area contributed by atoms with E-state index in [1.54, 1.807) is 18.2 Å². The van der Waals surface area contributed by atoms with E-state index < -0.39 is 6.10 Å². The molecule has 0 aromatic heterocycles. The highest BCUT2D eigenvalue weighted by Crippen LogP contribution is 2.32. The number of aliphatic hydroxyl groups is 1. The fourth-order valence-corrected chi connectivity index (χ4v) is 1.89. The van der Waals surface area contributed by atoms with Gasteiger partial charge in [0.2, 0.25) is 0 Å². The third kappa shape index (κ3) is 6.30. The van der Waals surface area contributed by atoms with Gasteiger partial charge in [-0.3, -0.25) is 0 Å². The summed E-state index contributed by atoms with van der Waals surface area (Å²) in [6.45, 7) is 5.38. The summed E-state index contributed by atoms with van der Waals surface area (Å²) in [5, 5.41) is 13.8. The third-order valence-corrected chi connectivity index (χ3v) is 2.97. The molecule has 0 radical (unpaired) electrons. The molecule has 0 fully saturated rings. The second kappa shape index (κ2) is 8.43. The average molecular weight is 304 g/mol. The van der Waals surface area contributed by atoms with Gasteiger partial charge in [0.15, 0.2) is 5.75 Å². The first-order valence-corrected chi connectivity index (χ1v) is 6.85. The lowest BCUT2D eigenvalue weighted by Gasteiger charge is -2.14. The van der Waals surface area contributed by atoms with Crippen LogP contribution in [-0.2, 0) is 0 Å². The molecule has 0 aliphatic heterocycles. The van der Waals surface area contributed by atoms with Gasteiger partial charge in [0.25, 0.3) is 0 Å². The fourth-order valence-electron chi connectivity index (χ4n) is 1.39. The summed E-state index contributed by atoms with van der Waals surface area (Å²) >= 11 is 11.9. The second-order valence-electron chi connectivity index (χ2n) is 4.46. The summed E-state index contributed by atoms with van der Waals surface area (Å²) in [6.07, 6.45) is 1.44. The molecule has 1 aromatic carbocycles. The maximum absolute atomic E-state index is 9.76. The summed E-state index contributed by atoms with van der Waals surface area (Å²) < 4.78 is 5.44. The van der Waals surface area contributed by atoms with Crippen LogP contribution in [0.25, 0.3) is 0 Å². The van der Waals surface area contributed by atoms with Crippen LogP contribution >= 0.6 is 23.2 Å². The van der Waals surface area contributed by atoms with Crippen LogP contribution in [0.15, 0.2) is 29.8 Å². The molecular formula is C14H19Cl2NO2. The van der Waals surface area contributed by atoms with E-state index in [0.717, 1.165) is 6.54 Å². The molecule has 3 nitrogen and oxygen atoms in total. The number of halogens is 2. The van der Waals surface area contributed by atoms with Gasteiger partial charge < -0.3 is 15.2 Å². The molecule has 0 saturated carbocycles. The number of hydrogen-bond acceptors (Lipinski definition) is 3. The molecule has 5 heteroatoms. The van der Waals surface area contributed by atoms with Crippen LogP contribution in [0.5, 0.6) is 5.75 Å². The number of nitrogens with one attached hydrogen (secondary N) is 1. The monoisotopic (exact) mass is 303 g/mol. The maximum atomic E-state index is 9.76. The van der Waals surface area contributed by atoms with Gasteiger partial charge in [-0.2, -0.15) is 0 Å². The Balaban J connectivity index is 2.34. The molecule has 0 aliphatic rings. The van der Waals surface area contributed by atoms with Crippen molar-refractivity contribution >= 4 is 23.2 Å². The number of aliphatic hydroxyl groups excluding tert-OH is 1. The van der Waals surface area contributed by atoms with Crippen molar-refractivity contribution in [3.8, 4) is 5.75 Å². The molecule has 19 heavy (non-hydrogen) atoms. The molecule has 0 aliphatic carbocycles. The molecule has 0 amide bonds. The predicted molar refractivity (Wildman–Crippen MR) is 80.3 cm³/mol. The van der Waals surface area contributed by atoms with Crippen LogP contribution in [0.2, 0.25) is 10.0 Å². The average Bonchev–Trinajstić information content (AvgIpc) is 2.34. The molecule has 0 heterocycles. The Morgan fingerprint density at radius 1 is 1.37 bits per heavy atom. The minimum atomic E-state index is -0.613. The van der Waals surface area contributed by atoms with E-state index in [1.165, 1.54) is 5.57 Å². The van der Waals surface area contributed by atoms with Crippen molar-refractivity contribution in [3.05, 3.63) is 39.9 Å². The number of allylic oxidation sites excluding steroid dienone is 1. The highest BCUT2D eigenvalue weighted by molar-refractivity contribution is 6.37. The third-order valence-electron chi connectivity index (χ3n) is 2.37. The zero-order valence-corrected chi connectivity index (χ0v) is 12.6. The minimum absolute atomic E-state index is 0.144. The molecule has 106 valence electrons. The van der Waals surface area contributed by atoms with Gasteiger partial charge in [0.05, 0.1) is 10.0 Å². The molecule has 1 unspecified atom stereocenters. The molecular weight excluding hydrogens is 285 g/mol. The van der Waals surface area contributed by atoms with Crippen molar-refractivity contribution in [1.29, 1.82) is 0 Å². The Labute approximate surface area is 124 Å². The zero-order chi connectivity index (χ0) is 14.3.